The van der Waals surface area contributed by atoms with Crippen LogP contribution in [0.25, 0.3) is 0 Å². The zero-order valence-corrected chi connectivity index (χ0v) is 6.95. The molecule has 10 heavy (non-hydrogen) atoms. The summed E-state index contributed by atoms with van der Waals surface area (Å²) in [6, 6.07) is 0. The van der Waals surface area contributed by atoms with E-state index in [1.165, 1.54) is 6.42 Å². The van der Waals surface area contributed by atoms with Gasteiger partial charge in [0.2, 0.25) is 0 Å². The molecule has 1 saturated carbocycles. The summed E-state index contributed by atoms with van der Waals surface area (Å²) in [5.41, 5.74) is 0.277. The van der Waals surface area contributed by atoms with E-state index in [0.29, 0.717) is 0 Å². The van der Waals surface area contributed by atoms with Gasteiger partial charge >= 0.3 is 0 Å². The molecule has 1 aliphatic carbocycles. The van der Waals surface area contributed by atoms with Crippen LogP contribution in [0.3, 0.4) is 0 Å². The van der Waals surface area contributed by atoms with Gasteiger partial charge in [-0.1, -0.05) is 0 Å². The first-order valence-electron chi connectivity index (χ1n) is 3.71. The molecule has 1 spiro atoms. The van der Waals surface area contributed by atoms with E-state index in [1.54, 1.807) is 0 Å². The van der Waals surface area contributed by atoms with Gasteiger partial charge < -0.3 is 10.4 Å². The van der Waals surface area contributed by atoms with Gasteiger partial charge in [-0.2, -0.15) is 11.8 Å². The van der Waals surface area contributed by atoms with E-state index < -0.39 is 0 Å². The van der Waals surface area contributed by atoms with Crippen LogP contribution in [0.4, 0.5) is 0 Å². The van der Waals surface area contributed by atoms with Gasteiger partial charge in [0, 0.05) is 23.8 Å². The molecule has 3 atom stereocenters. The lowest BCUT2D eigenvalue weighted by atomic mass is 10.0. The van der Waals surface area contributed by atoms with Crippen molar-refractivity contribution in [2.75, 3.05) is 19.3 Å². The van der Waals surface area contributed by atoms with Crippen molar-refractivity contribution >= 4 is 11.8 Å². The molecule has 0 radical (unpaired) electrons. The van der Waals surface area contributed by atoms with Crippen LogP contribution in [-0.2, 0) is 0 Å². The second-order valence-electron chi connectivity index (χ2n) is 3.31. The molecule has 1 heterocycles. The first kappa shape index (κ1) is 6.95. The van der Waals surface area contributed by atoms with Crippen LogP contribution in [0.1, 0.15) is 6.42 Å². The molecule has 0 bridgehead atoms. The van der Waals surface area contributed by atoms with Crippen LogP contribution in [-0.4, -0.2) is 35.8 Å². The van der Waals surface area contributed by atoms with E-state index in [4.69, 9.17) is 0 Å². The average Bonchev–Trinajstić information content (AvgIpc) is 2.52. The fourth-order valence-corrected chi connectivity index (χ4v) is 3.09. The highest BCUT2D eigenvalue weighted by molar-refractivity contribution is 7.99. The highest BCUT2D eigenvalue weighted by Gasteiger charge is 2.60. The fourth-order valence-electron chi connectivity index (χ4n) is 1.90. The summed E-state index contributed by atoms with van der Waals surface area (Å²) in [7, 11) is 0. The van der Waals surface area contributed by atoms with Gasteiger partial charge in [-0.25, -0.2) is 0 Å². The van der Waals surface area contributed by atoms with Crippen molar-refractivity contribution in [2.45, 2.75) is 17.8 Å². The van der Waals surface area contributed by atoms with Crippen molar-refractivity contribution in [3.63, 3.8) is 0 Å². The molecule has 3 heteroatoms. The average molecular weight is 159 g/mol. The van der Waals surface area contributed by atoms with Crippen LogP contribution in [0, 0.1) is 5.41 Å². The summed E-state index contributed by atoms with van der Waals surface area (Å²) in [5, 5.41) is 13.5. The zero-order valence-electron chi connectivity index (χ0n) is 6.13. The van der Waals surface area contributed by atoms with E-state index in [2.05, 4.69) is 11.6 Å². The number of nitrogens with one attached hydrogen (secondary N) is 1. The molecule has 1 saturated heterocycles. The maximum Gasteiger partial charge on any atom is 0.0743 e. The molecule has 2 rings (SSSR count). The first-order chi connectivity index (χ1) is 4.79. The largest absolute Gasteiger partial charge is 0.391 e. The molecule has 1 aliphatic heterocycles. The van der Waals surface area contributed by atoms with Crippen molar-refractivity contribution < 1.29 is 5.11 Å². The normalized spacial score (nSPS) is 52.2. The number of hydrogen-bond donors (Lipinski definition) is 2. The summed E-state index contributed by atoms with van der Waals surface area (Å²) >= 11 is 1.89. The summed E-state index contributed by atoms with van der Waals surface area (Å²) < 4.78 is 0. The van der Waals surface area contributed by atoms with E-state index in [1.807, 2.05) is 11.8 Å². The van der Waals surface area contributed by atoms with E-state index in [-0.39, 0.29) is 11.5 Å². The fraction of sp³-hybridized carbons (Fsp3) is 1.00. The van der Waals surface area contributed by atoms with Crippen molar-refractivity contribution in [1.82, 2.24) is 5.32 Å². The maximum absolute atomic E-state index is 9.55. The molecule has 2 aliphatic rings. The quantitative estimate of drug-likeness (QED) is 0.568. The molecule has 0 aromatic rings. The standard InChI is InChI=1S/C7H13NOS/c1-10-6-2-7(6)4-8-3-5(7)9/h5-6,8-9H,2-4H2,1H3/t5-,6?,7-/m0/s1. The Kier molecular flexibility index (Phi) is 1.48. The van der Waals surface area contributed by atoms with Crippen molar-refractivity contribution in [3.8, 4) is 0 Å². The lowest BCUT2D eigenvalue weighted by Gasteiger charge is -2.10. The lowest BCUT2D eigenvalue weighted by molar-refractivity contribution is 0.136. The maximum atomic E-state index is 9.55. The number of rotatable bonds is 1. The molecular formula is C7H13NOS. The Morgan fingerprint density at radius 3 is 2.90 bits per heavy atom. The molecule has 2 N–H and O–H groups in total. The molecule has 0 amide bonds. The summed E-state index contributed by atoms with van der Waals surface area (Å²) in [6.07, 6.45) is 3.26. The van der Waals surface area contributed by atoms with Gasteiger partial charge in [-0.3, -0.25) is 0 Å². The Balaban J connectivity index is 2.04. The minimum Gasteiger partial charge on any atom is -0.391 e. The van der Waals surface area contributed by atoms with Crippen LogP contribution in [0.2, 0.25) is 0 Å². The third-order valence-corrected chi connectivity index (χ3v) is 3.99. The Labute approximate surface area is 65.4 Å². The number of thioether (sulfide) groups is 1. The van der Waals surface area contributed by atoms with Crippen molar-refractivity contribution in [3.05, 3.63) is 0 Å². The topological polar surface area (TPSA) is 32.3 Å². The number of β-amino-alcohol motifs (C(OH)–C–C–N with tert-alkyl or cyclic N) is 1. The van der Waals surface area contributed by atoms with Gasteiger partial charge in [-0.15, -0.1) is 0 Å². The molecule has 1 unspecified atom stereocenters. The third kappa shape index (κ3) is 0.742. The molecule has 2 nitrogen and oxygen atoms in total. The lowest BCUT2D eigenvalue weighted by Crippen LogP contribution is -2.21. The van der Waals surface area contributed by atoms with Gasteiger partial charge in [-0.05, 0) is 12.7 Å². The molecule has 58 valence electrons. The van der Waals surface area contributed by atoms with Crippen LogP contribution in [0.5, 0.6) is 0 Å². The highest BCUT2D eigenvalue weighted by atomic mass is 32.2. The predicted molar refractivity (Wildman–Crippen MR) is 43.2 cm³/mol. The van der Waals surface area contributed by atoms with Crippen molar-refractivity contribution in [2.24, 2.45) is 5.41 Å². The highest BCUT2D eigenvalue weighted by Crippen LogP contribution is 2.56. The van der Waals surface area contributed by atoms with Gasteiger partial charge in [0.25, 0.3) is 0 Å². The number of aliphatic hydroxyl groups is 1. The van der Waals surface area contributed by atoms with Gasteiger partial charge in [0.05, 0.1) is 6.10 Å². The number of hydrogen-bond acceptors (Lipinski definition) is 3. The Hall–Kier alpha value is 0.270. The van der Waals surface area contributed by atoms with E-state index in [9.17, 15) is 5.11 Å². The second-order valence-corrected chi connectivity index (χ2v) is 4.35. The SMILES string of the molecule is CSC1C[C@@]12CNC[C@@H]2O. The Morgan fingerprint density at radius 2 is 2.50 bits per heavy atom. The Bertz CT molecular complexity index is 153. The molecule has 2 fully saturated rings. The molecule has 0 aromatic heterocycles. The predicted octanol–water partition coefficient (Wildman–Crippen LogP) is 0.0722. The van der Waals surface area contributed by atoms with Crippen LogP contribution in [0.15, 0.2) is 0 Å². The summed E-state index contributed by atoms with van der Waals surface area (Å²) in [4.78, 5) is 0. The van der Waals surface area contributed by atoms with Crippen LogP contribution >= 0.6 is 11.8 Å². The zero-order chi connectivity index (χ0) is 7.19. The minimum atomic E-state index is -0.0788. The summed E-state index contributed by atoms with van der Waals surface area (Å²) in [5.74, 6) is 0. The van der Waals surface area contributed by atoms with Gasteiger partial charge in [0.1, 0.15) is 0 Å². The van der Waals surface area contributed by atoms with Crippen molar-refractivity contribution in [1.29, 1.82) is 0 Å². The molecular weight excluding hydrogens is 146 g/mol. The Morgan fingerprint density at radius 1 is 1.70 bits per heavy atom. The van der Waals surface area contributed by atoms with E-state index >= 15 is 0 Å². The summed E-state index contributed by atoms with van der Waals surface area (Å²) in [6.45, 7) is 1.83. The van der Waals surface area contributed by atoms with E-state index in [0.717, 1.165) is 18.3 Å². The van der Waals surface area contributed by atoms with Crippen LogP contribution < -0.4 is 5.32 Å². The third-order valence-electron chi connectivity index (χ3n) is 2.79. The second kappa shape index (κ2) is 2.13. The monoisotopic (exact) mass is 159 g/mol. The number of aliphatic hydroxyl groups excluding tert-OH is 1. The molecule has 0 aromatic carbocycles. The first-order valence-corrected chi connectivity index (χ1v) is 5.00. The minimum absolute atomic E-state index is 0.0788. The smallest absolute Gasteiger partial charge is 0.0743 e. The van der Waals surface area contributed by atoms with Gasteiger partial charge in [0.15, 0.2) is 0 Å².